The molecule has 0 aromatic heterocycles. The molecule has 0 unspecified atom stereocenters. The summed E-state index contributed by atoms with van der Waals surface area (Å²) in [7, 11) is -2.76. The number of methoxy groups -OCH3 is 1. The minimum Gasteiger partial charge on any atom is -0.495 e. The summed E-state index contributed by atoms with van der Waals surface area (Å²) >= 11 is 15.7. The topological polar surface area (TPSA) is 75.7 Å². The quantitative estimate of drug-likeness (QED) is 0.334. The third kappa shape index (κ3) is 5.67. The lowest BCUT2D eigenvalue weighted by atomic mass is 9.74. The van der Waals surface area contributed by atoms with Crippen LogP contribution in [0.25, 0.3) is 0 Å². The highest BCUT2D eigenvalue weighted by molar-refractivity contribution is 9.10. The van der Waals surface area contributed by atoms with E-state index in [1.807, 2.05) is 12.1 Å². The van der Waals surface area contributed by atoms with Crippen molar-refractivity contribution in [3.8, 4) is 5.75 Å². The summed E-state index contributed by atoms with van der Waals surface area (Å²) in [5, 5.41) is 0.518. The Balaban J connectivity index is 1.56. The maximum atomic E-state index is 13.4. The number of hydrogen-bond donors (Lipinski definition) is 1. The first-order chi connectivity index (χ1) is 17.0. The molecule has 36 heavy (non-hydrogen) atoms. The predicted octanol–water partition coefficient (Wildman–Crippen LogP) is 6.76. The van der Waals surface area contributed by atoms with Crippen LogP contribution in [0.5, 0.6) is 5.75 Å². The molecule has 6 nitrogen and oxygen atoms in total. The lowest BCUT2D eigenvalue weighted by Gasteiger charge is -2.40. The number of piperidine rings is 1. The van der Waals surface area contributed by atoms with Crippen LogP contribution < -0.4 is 9.46 Å². The first-order valence-electron chi connectivity index (χ1n) is 11.2. The van der Waals surface area contributed by atoms with E-state index in [9.17, 15) is 13.2 Å². The van der Waals surface area contributed by atoms with Gasteiger partial charge in [0.25, 0.3) is 15.9 Å². The molecule has 1 amide bonds. The van der Waals surface area contributed by atoms with Gasteiger partial charge in [-0.1, -0.05) is 58.2 Å². The molecule has 3 aromatic rings. The average molecular weight is 612 g/mol. The number of carbonyl (C=O) groups is 1. The Labute approximate surface area is 229 Å². The van der Waals surface area contributed by atoms with Gasteiger partial charge in [-0.15, -0.1) is 0 Å². The fourth-order valence-electron chi connectivity index (χ4n) is 4.33. The predicted molar refractivity (Wildman–Crippen MR) is 147 cm³/mol. The van der Waals surface area contributed by atoms with Crippen LogP contribution in [-0.4, -0.2) is 39.4 Å². The third-order valence-corrected chi connectivity index (χ3v) is 8.99. The maximum Gasteiger partial charge on any atom is 0.265 e. The van der Waals surface area contributed by atoms with Crippen molar-refractivity contribution >= 4 is 60.7 Å². The van der Waals surface area contributed by atoms with Gasteiger partial charge in [0.15, 0.2) is 0 Å². The smallest absolute Gasteiger partial charge is 0.265 e. The first kappa shape index (κ1) is 26.8. The van der Waals surface area contributed by atoms with E-state index in [2.05, 4.69) is 39.7 Å². The summed E-state index contributed by atoms with van der Waals surface area (Å²) < 4.78 is 35.2. The van der Waals surface area contributed by atoms with Gasteiger partial charge in [-0.25, -0.2) is 8.42 Å². The number of carbonyl (C=O) groups excluding carboxylic acids is 1. The third-order valence-electron chi connectivity index (χ3n) is 6.55. The Bertz CT molecular complexity index is 1410. The SMILES string of the molecule is COc1ccc(C(=O)N2CCC(C)(c3cccc(Br)c3)CC2)cc1S(=O)(=O)Nc1cc(Cl)ccc1Cl. The van der Waals surface area contributed by atoms with Gasteiger partial charge in [0.1, 0.15) is 10.6 Å². The monoisotopic (exact) mass is 610 g/mol. The van der Waals surface area contributed by atoms with Crippen molar-refractivity contribution in [2.75, 3.05) is 24.9 Å². The van der Waals surface area contributed by atoms with Crippen molar-refractivity contribution in [1.82, 2.24) is 4.90 Å². The number of benzene rings is 3. The lowest BCUT2D eigenvalue weighted by Crippen LogP contribution is -2.44. The number of sulfonamides is 1. The summed E-state index contributed by atoms with van der Waals surface area (Å²) in [5.41, 5.74) is 1.58. The molecule has 0 atom stereocenters. The zero-order valence-electron chi connectivity index (χ0n) is 19.7. The molecule has 190 valence electrons. The van der Waals surface area contributed by atoms with Crippen LogP contribution in [0.4, 0.5) is 5.69 Å². The number of rotatable bonds is 6. The fourth-order valence-corrected chi connectivity index (χ4v) is 6.39. The Morgan fingerprint density at radius 2 is 1.78 bits per heavy atom. The highest BCUT2D eigenvalue weighted by Gasteiger charge is 2.34. The molecule has 3 aromatic carbocycles. The largest absolute Gasteiger partial charge is 0.495 e. The molecule has 10 heteroatoms. The number of nitrogens with zero attached hydrogens (tertiary/aromatic N) is 1. The van der Waals surface area contributed by atoms with Gasteiger partial charge in [-0.2, -0.15) is 0 Å². The van der Waals surface area contributed by atoms with Gasteiger partial charge < -0.3 is 9.64 Å². The van der Waals surface area contributed by atoms with Crippen LogP contribution >= 0.6 is 39.1 Å². The molecule has 1 aliphatic heterocycles. The van der Waals surface area contributed by atoms with E-state index in [0.29, 0.717) is 18.1 Å². The van der Waals surface area contributed by atoms with Gasteiger partial charge in [0, 0.05) is 28.1 Å². The minimum absolute atomic E-state index is 0.0465. The van der Waals surface area contributed by atoms with Crippen molar-refractivity contribution in [2.45, 2.75) is 30.1 Å². The average Bonchev–Trinajstić information content (AvgIpc) is 2.86. The number of amides is 1. The van der Waals surface area contributed by atoms with E-state index in [-0.39, 0.29) is 38.2 Å². The van der Waals surface area contributed by atoms with Crippen molar-refractivity contribution < 1.29 is 17.9 Å². The number of likely N-dealkylation sites (tertiary alicyclic amines) is 1. The number of ether oxygens (including phenoxy) is 1. The molecular formula is C26H25BrCl2N2O4S. The van der Waals surface area contributed by atoms with Crippen LogP contribution in [0.1, 0.15) is 35.7 Å². The molecule has 1 heterocycles. The molecule has 0 spiro atoms. The standard InChI is InChI=1S/C26H25BrCl2N2O4S/c1-26(18-4-3-5-19(27)15-18)10-12-31(13-11-26)25(32)17-6-9-23(35-2)24(14-17)36(33,34)30-22-16-20(28)7-8-21(22)29/h3-9,14-16,30H,10-13H2,1-2H3. The molecule has 0 radical (unpaired) electrons. The maximum absolute atomic E-state index is 13.4. The van der Waals surface area contributed by atoms with Gasteiger partial charge in [0.2, 0.25) is 0 Å². The summed E-state index contributed by atoms with van der Waals surface area (Å²) in [4.78, 5) is 15.0. The van der Waals surface area contributed by atoms with E-state index in [1.165, 1.54) is 36.9 Å². The van der Waals surface area contributed by atoms with Crippen molar-refractivity contribution in [2.24, 2.45) is 0 Å². The Morgan fingerprint density at radius 3 is 2.44 bits per heavy atom. The molecule has 1 saturated heterocycles. The van der Waals surface area contributed by atoms with Gasteiger partial charge >= 0.3 is 0 Å². The van der Waals surface area contributed by atoms with Crippen LogP contribution in [0.3, 0.4) is 0 Å². The fraction of sp³-hybridized carbons (Fsp3) is 0.269. The molecular weight excluding hydrogens is 587 g/mol. The van der Waals surface area contributed by atoms with Gasteiger partial charge in [-0.05, 0) is 72.4 Å². The van der Waals surface area contributed by atoms with Gasteiger partial charge in [0.05, 0.1) is 17.8 Å². The second kappa shape index (κ2) is 10.6. The van der Waals surface area contributed by atoms with E-state index >= 15 is 0 Å². The second-order valence-electron chi connectivity index (χ2n) is 8.96. The lowest BCUT2D eigenvalue weighted by molar-refractivity contribution is 0.0675. The zero-order chi connectivity index (χ0) is 26.1. The molecule has 1 fully saturated rings. The first-order valence-corrected chi connectivity index (χ1v) is 14.3. The Hall–Kier alpha value is -2.26. The zero-order valence-corrected chi connectivity index (χ0v) is 23.6. The van der Waals surface area contributed by atoms with Crippen molar-refractivity contribution in [3.05, 3.63) is 86.3 Å². The Morgan fingerprint density at radius 1 is 1.06 bits per heavy atom. The number of nitrogens with one attached hydrogen (secondary N) is 1. The molecule has 0 bridgehead atoms. The molecule has 1 aliphatic rings. The molecule has 0 aliphatic carbocycles. The highest BCUT2D eigenvalue weighted by atomic mass is 79.9. The normalized spacial score (nSPS) is 15.4. The summed E-state index contributed by atoms with van der Waals surface area (Å²) in [6, 6.07) is 17.1. The summed E-state index contributed by atoms with van der Waals surface area (Å²) in [6.07, 6.45) is 1.59. The van der Waals surface area contributed by atoms with Crippen LogP contribution in [0.15, 0.2) is 70.0 Å². The second-order valence-corrected chi connectivity index (χ2v) is 12.4. The Kier molecular flexibility index (Phi) is 7.90. The highest BCUT2D eigenvalue weighted by Crippen LogP contribution is 2.37. The number of halogens is 3. The summed E-state index contributed by atoms with van der Waals surface area (Å²) in [6.45, 7) is 3.33. The van der Waals surface area contributed by atoms with Crippen molar-refractivity contribution in [3.63, 3.8) is 0 Å². The van der Waals surface area contributed by atoms with Crippen LogP contribution in [0.2, 0.25) is 10.0 Å². The number of hydrogen-bond acceptors (Lipinski definition) is 4. The number of anilines is 1. The minimum atomic E-state index is -4.13. The van der Waals surface area contributed by atoms with Crippen LogP contribution in [0, 0.1) is 0 Å². The van der Waals surface area contributed by atoms with E-state index < -0.39 is 10.0 Å². The summed E-state index contributed by atoms with van der Waals surface area (Å²) in [5.74, 6) is -0.121. The molecule has 0 saturated carbocycles. The van der Waals surface area contributed by atoms with E-state index in [0.717, 1.165) is 17.3 Å². The van der Waals surface area contributed by atoms with E-state index in [4.69, 9.17) is 27.9 Å². The molecule has 1 N–H and O–H groups in total. The van der Waals surface area contributed by atoms with Gasteiger partial charge in [-0.3, -0.25) is 9.52 Å². The molecule has 4 rings (SSSR count). The van der Waals surface area contributed by atoms with Crippen LogP contribution in [-0.2, 0) is 15.4 Å². The van der Waals surface area contributed by atoms with E-state index in [1.54, 1.807) is 17.0 Å². The van der Waals surface area contributed by atoms with Crippen molar-refractivity contribution in [1.29, 1.82) is 0 Å².